The lowest BCUT2D eigenvalue weighted by atomic mass is 10.2. The molecule has 21 heavy (non-hydrogen) atoms. The molecule has 0 atom stereocenters. The van der Waals surface area contributed by atoms with E-state index < -0.39 is 9.84 Å². The van der Waals surface area contributed by atoms with Crippen molar-refractivity contribution in [3.8, 4) is 0 Å². The van der Waals surface area contributed by atoms with Crippen molar-refractivity contribution in [2.45, 2.75) is 13.1 Å². The highest BCUT2D eigenvalue weighted by molar-refractivity contribution is 7.90. The number of methoxy groups -OCH3 is 1. The number of aromatic nitrogens is 2. The first kappa shape index (κ1) is 15.9. The summed E-state index contributed by atoms with van der Waals surface area (Å²) in [6.07, 6.45) is 4.95. The third-order valence-electron chi connectivity index (χ3n) is 3.22. The Morgan fingerprint density at radius 1 is 1.43 bits per heavy atom. The highest BCUT2D eigenvalue weighted by atomic mass is 32.2. The van der Waals surface area contributed by atoms with Gasteiger partial charge in [-0.15, -0.1) is 0 Å². The fourth-order valence-electron chi connectivity index (χ4n) is 2.17. The van der Waals surface area contributed by atoms with Gasteiger partial charge in [-0.3, -0.25) is 0 Å². The van der Waals surface area contributed by atoms with Gasteiger partial charge in [0.15, 0.2) is 0 Å². The predicted octanol–water partition coefficient (Wildman–Crippen LogP) is 0.817. The van der Waals surface area contributed by atoms with Gasteiger partial charge in [-0.05, 0) is 17.7 Å². The minimum atomic E-state index is -2.99. The molecule has 116 valence electrons. The summed E-state index contributed by atoms with van der Waals surface area (Å²) < 4.78 is 29.6. The maximum Gasteiger partial charge on any atom is 0.149 e. The molecule has 0 aliphatic rings. The Morgan fingerprint density at radius 3 is 2.95 bits per heavy atom. The molecule has 0 saturated heterocycles. The molecule has 0 aliphatic heterocycles. The summed E-state index contributed by atoms with van der Waals surface area (Å²) in [7, 11) is -1.32. The number of sulfone groups is 1. The number of pyridine rings is 1. The summed E-state index contributed by atoms with van der Waals surface area (Å²) in [5.41, 5.74) is 1.94. The maximum absolute atomic E-state index is 11.3. The average Bonchev–Trinajstić information content (AvgIpc) is 2.79. The van der Waals surface area contributed by atoms with E-state index >= 15 is 0 Å². The van der Waals surface area contributed by atoms with Crippen molar-refractivity contribution in [3.05, 3.63) is 30.1 Å². The molecule has 7 heteroatoms. The van der Waals surface area contributed by atoms with E-state index in [0.29, 0.717) is 19.7 Å². The molecule has 2 heterocycles. The van der Waals surface area contributed by atoms with Crippen LogP contribution in [-0.2, 0) is 27.7 Å². The van der Waals surface area contributed by atoms with Crippen LogP contribution in [0.15, 0.2) is 24.5 Å². The van der Waals surface area contributed by atoms with Gasteiger partial charge in [0.05, 0.1) is 12.4 Å². The molecular weight excluding hydrogens is 290 g/mol. The summed E-state index contributed by atoms with van der Waals surface area (Å²) in [5, 5.41) is 4.35. The molecule has 2 aromatic rings. The van der Waals surface area contributed by atoms with Gasteiger partial charge in [0.2, 0.25) is 0 Å². The Bertz CT molecular complexity index is 695. The minimum absolute atomic E-state index is 0.115. The van der Waals surface area contributed by atoms with E-state index in [-0.39, 0.29) is 5.75 Å². The number of nitrogens with one attached hydrogen (secondary N) is 1. The van der Waals surface area contributed by atoms with E-state index in [2.05, 4.69) is 10.3 Å². The van der Waals surface area contributed by atoms with Gasteiger partial charge < -0.3 is 14.6 Å². The summed E-state index contributed by atoms with van der Waals surface area (Å²) in [5.74, 6) is 0.115. The van der Waals surface area contributed by atoms with Gasteiger partial charge >= 0.3 is 0 Å². The van der Waals surface area contributed by atoms with E-state index in [1.807, 2.05) is 22.9 Å². The van der Waals surface area contributed by atoms with E-state index in [1.165, 1.54) is 6.26 Å². The molecule has 0 unspecified atom stereocenters. The third-order valence-corrected chi connectivity index (χ3v) is 4.14. The topological polar surface area (TPSA) is 73.2 Å². The second kappa shape index (κ2) is 7.02. The smallest absolute Gasteiger partial charge is 0.149 e. The molecule has 0 aliphatic carbocycles. The SMILES string of the molecule is COCCNCc1cn(CCS(C)(=O)=O)c2ncccc12. The number of hydrogen-bond acceptors (Lipinski definition) is 5. The van der Waals surface area contributed by atoms with Crippen LogP contribution in [0.1, 0.15) is 5.56 Å². The number of ether oxygens (including phenoxy) is 1. The summed E-state index contributed by atoms with van der Waals surface area (Å²) in [4.78, 5) is 4.36. The Labute approximate surface area is 125 Å². The van der Waals surface area contributed by atoms with Crippen LogP contribution in [0.25, 0.3) is 11.0 Å². The van der Waals surface area contributed by atoms with Crippen LogP contribution < -0.4 is 5.32 Å². The van der Waals surface area contributed by atoms with Crippen LogP contribution in [0.3, 0.4) is 0 Å². The average molecular weight is 311 g/mol. The molecule has 2 aromatic heterocycles. The van der Waals surface area contributed by atoms with Crippen molar-refractivity contribution in [1.29, 1.82) is 0 Å². The van der Waals surface area contributed by atoms with E-state index in [0.717, 1.165) is 23.1 Å². The van der Waals surface area contributed by atoms with E-state index in [4.69, 9.17) is 4.74 Å². The molecule has 1 N–H and O–H groups in total. The van der Waals surface area contributed by atoms with Crippen LogP contribution in [0.2, 0.25) is 0 Å². The van der Waals surface area contributed by atoms with Crippen molar-refractivity contribution in [2.24, 2.45) is 0 Å². The van der Waals surface area contributed by atoms with Crippen LogP contribution in [-0.4, -0.2) is 50.2 Å². The predicted molar refractivity (Wildman–Crippen MR) is 83.0 cm³/mol. The molecule has 0 radical (unpaired) electrons. The second-order valence-electron chi connectivity index (χ2n) is 5.02. The van der Waals surface area contributed by atoms with Gasteiger partial charge in [-0.2, -0.15) is 0 Å². The van der Waals surface area contributed by atoms with Crippen LogP contribution in [0.4, 0.5) is 0 Å². The molecule has 0 spiro atoms. The monoisotopic (exact) mass is 311 g/mol. The third kappa shape index (κ3) is 4.52. The van der Waals surface area contributed by atoms with Crippen molar-refractivity contribution < 1.29 is 13.2 Å². The number of fused-ring (bicyclic) bond motifs is 1. The molecule has 6 nitrogen and oxygen atoms in total. The number of aryl methyl sites for hydroxylation is 1. The Morgan fingerprint density at radius 2 is 2.24 bits per heavy atom. The summed E-state index contributed by atoms with van der Waals surface area (Å²) in [6.45, 7) is 2.56. The van der Waals surface area contributed by atoms with Crippen molar-refractivity contribution in [2.75, 3.05) is 32.3 Å². The lowest BCUT2D eigenvalue weighted by Crippen LogP contribution is -2.18. The first-order valence-corrected chi connectivity index (χ1v) is 8.87. The zero-order valence-electron chi connectivity index (χ0n) is 12.4. The molecule has 0 aromatic carbocycles. The second-order valence-corrected chi connectivity index (χ2v) is 7.28. The van der Waals surface area contributed by atoms with Gasteiger partial charge in [0.25, 0.3) is 0 Å². The molecule has 0 fully saturated rings. The zero-order chi connectivity index (χ0) is 15.3. The fraction of sp³-hybridized carbons (Fsp3) is 0.500. The lowest BCUT2D eigenvalue weighted by Gasteiger charge is -2.03. The minimum Gasteiger partial charge on any atom is -0.383 e. The number of rotatable bonds is 8. The normalized spacial score (nSPS) is 12.1. The van der Waals surface area contributed by atoms with Crippen LogP contribution in [0, 0.1) is 0 Å². The van der Waals surface area contributed by atoms with Crippen molar-refractivity contribution in [1.82, 2.24) is 14.9 Å². The molecule has 0 saturated carbocycles. The quantitative estimate of drug-likeness (QED) is 0.731. The molecule has 2 rings (SSSR count). The van der Waals surface area contributed by atoms with Gasteiger partial charge in [0, 0.05) is 50.8 Å². The van der Waals surface area contributed by atoms with Gasteiger partial charge in [0.1, 0.15) is 15.5 Å². The molecule has 0 amide bonds. The lowest BCUT2D eigenvalue weighted by molar-refractivity contribution is 0.199. The van der Waals surface area contributed by atoms with Crippen molar-refractivity contribution >= 4 is 20.9 Å². The van der Waals surface area contributed by atoms with Gasteiger partial charge in [-0.25, -0.2) is 13.4 Å². The van der Waals surface area contributed by atoms with E-state index in [1.54, 1.807) is 13.3 Å². The fourth-order valence-corrected chi connectivity index (χ4v) is 2.70. The largest absolute Gasteiger partial charge is 0.383 e. The van der Waals surface area contributed by atoms with Crippen molar-refractivity contribution in [3.63, 3.8) is 0 Å². The van der Waals surface area contributed by atoms with Crippen LogP contribution >= 0.6 is 0 Å². The Balaban J connectivity index is 2.18. The highest BCUT2D eigenvalue weighted by Gasteiger charge is 2.10. The standard InChI is InChI=1S/C14H21N3O3S/c1-20-8-6-15-10-12-11-17(7-9-21(2,18)19)14-13(12)4-3-5-16-14/h3-5,11,15H,6-10H2,1-2H3. The zero-order valence-corrected chi connectivity index (χ0v) is 13.2. The summed E-state index contributed by atoms with van der Waals surface area (Å²) >= 11 is 0. The molecule has 0 bridgehead atoms. The van der Waals surface area contributed by atoms with Crippen LogP contribution in [0.5, 0.6) is 0 Å². The molecular formula is C14H21N3O3S. The van der Waals surface area contributed by atoms with E-state index in [9.17, 15) is 8.42 Å². The number of hydrogen-bond donors (Lipinski definition) is 1. The first-order chi connectivity index (χ1) is 10.0. The first-order valence-electron chi connectivity index (χ1n) is 6.81. The Kier molecular flexibility index (Phi) is 5.33. The number of nitrogens with zero attached hydrogens (tertiary/aromatic N) is 2. The van der Waals surface area contributed by atoms with Gasteiger partial charge in [-0.1, -0.05) is 0 Å². The maximum atomic E-state index is 11.3. The summed E-state index contributed by atoms with van der Waals surface area (Å²) in [6, 6.07) is 3.90. The Hall–Kier alpha value is -1.44. The highest BCUT2D eigenvalue weighted by Crippen LogP contribution is 2.19.